The summed E-state index contributed by atoms with van der Waals surface area (Å²) in [6.07, 6.45) is -0.593. The van der Waals surface area contributed by atoms with E-state index in [1.165, 1.54) is 5.56 Å². The number of phenols is 1. The Morgan fingerprint density at radius 3 is 1.62 bits per heavy atom. The van der Waals surface area contributed by atoms with E-state index >= 15 is 0 Å². The largest absolute Gasteiger partial charge is 0.508 e. The number of hydrogen-bond donors (Lipinski definition) is 3. The number of carboxylic acids is 2. The highest BCUT2D eigenvalue weighted by Gasteiger charge is 2.00. The summed E-state index contributed by atoms with van der Waals surface area (Å²) in [5.41, 5.74) is 1.17. The Bertz CT molecular complexity index is 307. The van der Waals surface area contributed by atoms with Crippen molar-refractivity contribution in [2.24, 2.45) is 0 Å². The first-order valence-electron chi connectivity index (χ1n) is 4.61. The summed E-state index contributed by atoms with van der Waals surface area (Å²) in [4.78, 5) is 19.3. The number of hydrogen-bond acceptors (Lipinski definition) is 3. The molecule has 0 heterocycles. The number of carboxylic acid groups (broad SMARTS) is 2. The summed E-state index contributed by atoms with van der Waals surface area (Å²) >= 11 is 0. The molecular weight excluding hydrogens is 212 g/mol. The van der Waals surface area contributed by atoms with Crippen LogP contribution in [-0.4, -0.2) is 27.3 Å². The van der Waals surface area contributed by atoms with Crippen LogP contribution >= 0.6 is 0 Å². The van der Waals surface area contributed by atoms with Crippen molar-refractivity contribution < 1.29 is 24.9 Å². The number of carbonyl (C=O) groups is 2. The standard InChI is InChI=1S/C7H8O.C4H6O4/c1-6-2-4-7(8)5-3-6;5-3(6)1-2-4(7)8/h2-5,8H,1H3;1-2H2,(H,5,6)(H,7,8). The van der Waals surface area contributed by atoms with E-state index in [1.54, 1.807) is 12.1 Å². The van der Waals surface area contributed by atoms with Crippen LogP contribution < -0.4 is 0 Å². The second-order valence-corrected chi connectivity index (χ2v) is 3.12. The predicted molar refractivity (Wildman–Crippen MR) is 57.3 cm³/mol. The van der Waals surface area contributed by atoms with Gasteiger partial charge in [-0.25, -0.2) is 0 Å². The molecule has 0 aliphatic carbocycles. The summed E-state index contributed by atoms with van der Waals surface area (Å²) in [6.45, 7) is 1.99. The average molecular weight is 226 g/mol. The summed E-state index contributed by atoms with van der Waals surface area (Å²) in [6, 6.07) is 7.09. The fourth-order valence-electron chi connectivity index (χ4n) is 0.759. The van der Waals surface area contributed by atoms with E-state index in [1.807, 2.05) is 19.1 Å². The van der Waals surface area contributed by atoms with Crippen molar-refractivity contribution in [3.05, 3.63) is 29.8 Å². The molecule has 0 aliphatic heterocycles. The fourth-order valence-corrected chi connectivity index (χ4v) is 0.759. The molecule has 16 heavy (non-hydrogen) atoms. The molecular formula is C11H14O5. The molecule has 0 aromatic heterocycles. The lowest BCUT2D eigenvalue weighted by atomic mass is 10.2. The fraction of sp³-hybridized carbons (Fsp3) is 0.273. The summed E-state index contributed by atoms with van der Waals surface area (Å²) in [7, 11) is 0. The minimum absolute atomic E-state index is 0.296. The lowest BCUT2D eigenvalue weighted by Crippen LogP contribution is -2.00. The molecule has 1 aromatic carbocycles. The van der Waals surface area contributed by atoms with Crippen molar-refractivity contribution in [3.63, 3.8) is 0 Å². The van der Waals surface area contributed by atoms with Crippen molar-refractivity contribution in [2.75, 3.05) is 0 Å². The zero-order valence-electron chi connectivity index (χ0n) is 8.88. The van der Waals surface area contributed by atoms with Crippen LogP contribution in [0, 0.1) is 6.92 Å². The smallest absolute Gasteiger partial charge is 0.303 e. The van der Waals surface area contributed by atoms with Crippen molar-refractivity contribution in [2.45, 2.75) is 19.8 Å². The van der Waals surface area contributed by atoms with E-state index in [0.717, 1.165) is 0 Å². The summed E-state index contributed by atoms with van der Waals surface area (Å²) in [5.74, 6) is -1.82. The number of rotatable bonds is 3. The Balaban J connectivity index is 0.000000281. The highest BCUT2D eigenvalue weighted by Crippen LogP contribution is 2.07. The maximum Gasteiger partial charge on any atom is 0.303 e. The van der Waals surface area contributed by atoms with Gasteiger partial charge in [-0.15, -0.1) is 0 Å². The third-order valence-electron chi connectivity index (χ3n) is 1.59. The molecule has 3 N–H and O–H groups in total. The van der Waals surface area contributed by atoms with Gasteiger partial charge < -0.3 is 15.3 Å². The van der Waals surface area contributed by atoms with Gasteiger partial charge in [0.2, 0.25) is 0 Å². The Kier molecular flexibility index (Phi) is 6.35. The number of aliphatic carboxylic acids is 2. The minimum Gasteiger partial charge on any atom is -0.508 e. The molecule has 0 spiro atoms. The van der Waals surface area contributed by atoms with Gasteiger partial charge in [0.05, 0.1) is 12.8 Å². The molecule has 88 valence electrons. The monoisotopic (exact) mass is 226 g/mol. The van der Waals surface area contributed by atoms with Crippen LogP contribution in [0.3, 0.4) is 0 Å². The van der Waals surface area contributed by atoms with Crippen molar-refractivity contribution in [1.29, 1.82) is 0 Å². The van der Waals surface area contributed by atoms with Crippen LogP contribution in [0.4, 0.5) is 0 Å². The lowest BCUT2D eigenvalue weighted by molar-refractivity contribution is -0.143. The molecule has 0 amide bonds. The maximum absolute atomic E-state index is 9.64. The Morgan fingerprint density at radius 2 is 1.38 bits per heavy atom. The van der Waals surface area contributed by atoms with Crippen LogP contribution in [-0.2, 0) is 9.59 Å². The van der Waals surface area contributed by atoms with E-state index in [0.29, 0.717) is 5.75 Å². The Hall–Kier alpha value is -2.04. The molecule has 0 unspecified atom stereocenters. The van der Waals surface area contributed by atoms with Crippen LogP contribution in [0.25, 0.3) is 0 Å². The molecule has 5 heteroatoms. The van der Waals surface area contributed by atoms with E-state index < -0.39 is 11.9 Å². The molecule has 1 aromatic rings. The second kappa shape index (κ2) is 7.28. The molecule has 0 bridgehead atoms. The molecule has 0 fully saturated rings. The summed E-state index contributed by atoms with van der Waals surface area (Å²) < 4.78 is 0. The first kappa shape index (κ1) is 14.0. The molecule has 1 rings (SSSR count). The quantitative estimate of drug-likeness (QED) is 0.728. The normalized spacial score (nSPS) is 8.81. The van der Waals surface area contributed by atoms with E-state index in [4.69, 9.17) is 15.3 Å². The Labute approximate surface area is 93.0 Å². The lowest BCUT2D eigenvalue weighted by Gasteiger charge is -1.89. The van der Waals surface area contributed by atoms with Gasteiger partial charge in [-0.3, -0.25) is 9.59 Å². The molecule has 5 nitrogen and oxygen atoms in total. The molecule has 0 aliphatic rings. The van der Waals surface area contributed by atoms with Crippen LogP contribution in [0.2, 0.25) is 0 Å². The van der Waals surface area contributed by atoms with E-state index in [2.05, 4.69) is 0 Å². The zero-order valence-corrected chi connectivity index (χ0v) is 8.88. The van der Waals surface area contributed by atoms with Crippen LogP contribution in [0.1, 0.15) is 18.4 Å². The van der Waals surface area contributed by atoms with Crippen LogP contribution in [0.15, 0.2) is 24.3 Å². The highest BCUT2D eigenvalue weighted by molar-refractivity contribution is 5.75. The predicted octanol–water partition coefficient (Wildman–Crippen LogP) is 1.64. The van der Waals surface area contributed by atoms with Gasteiger partial charge >= 0.3 is 11.9 Å². The van der Waals surface area contributed by atoms with Gasteiger partial charge in [-0.2, -0.15) is 0 Å². The molecule has 0 radical (unpaired) electrons. The highest BCUT2D eigenvalue weighted by atomic mass is 16.4. The number of aromatic hydroxyl groups is 1. The van der Waals surface area contributed by atoms with E-state index in [-0.39, 0.29) is 12.8 Å². The van der Waals surface area contributed by atoms with Crippen molar-refractivity contribution in [1.82, 2.24) is 0 Å². The third-order valence-corrected chi connectivity index (χ3v) is 1.59. The minimum atomic E-state index is -1.08. The second-order valence-electron chi connectivity index (χ2n) is 3.12. The molecule has 0 atom stereocenters. The third kappa shape index (κ3) is 8.55. The number of phenolic OH excluding ortho intramolecular Hbond substituents is 1. The van der Waals surface area contributed by atoms with Crippen molar-refractivity contribution in [3.8, 4) is 5.75 Å². The first-order valence-corrected chi connectivity index (χ1v) is 4.61. The number of aryl methyl sites for hydroxylation is 1. The summed E-state index contributed by atoms with van der Waals surface area (Å²) in [5, 5.41) is 24.6. The van der Waals surface area contributed by atoms with E-state index in [9.17, 15) is 9.59 Å². The maximum atomic E-state index is 9.64. The van der Waals surface area contributed by atoms with Gasteiger partial charge in [0.25, 0.3) is 0 Å². The first-order chi connectivity index (χ1) is 7.41. The molecule has 0 saturated heterocycles. The zero-order chi connectivity index (χ0) is 12.6. The van der Waals surface area contributed by atoms with Gasteiger partial charge in [0.1, 0.15) is 5.75 Å². The Morgan fingerprint density at radius 1 is 1.00 bits per heavy atom. The van der Waals surface area contributed by atoms with Gasteiger partial charge in [0, 0.05) is 0 Å². The molecule has 0 saturated carbocycles. The SMILES string of the molecule is Cc1ccc(O)cc1.O=C(O)CCC(=O)O. The topological polar surface area (TPSA) is 94.8 Å². The van der Waals surface area contributed by atoms with Gasteiger partial charge in [0.15, 0.2) is 0 Å². The van der Waals surface area contributed by atoms with Crippen LogP contribution in [0.5, 0.6) is 5.75 Å². The average Bonchev–Trinajstić information content (AvgIpc) is 2.20. The number of benzene rings is 1. The van der Waals surface area contributed by atoms with Crippen molar-refractivity contribution >= 4 is 11.9 Å². The van der Waals surface area contributed by atoms with Gasteiger partial charge in [-0.1, -0.05) is 17.7 Å². The van der Waals surface area contributed by atoms with Gasteiger partial charge in [-0.05, 0) is 19.1 Å².